The van der Waals surface area contributed by atoms with Crippen LogP contribution in [0.4, 0.5) is 0 Å². The minimum atomic E-state index is -0.0105. The molecule has 94 valence electrons. The predicted octanol–water partition coefficient (Wildman–Crippen LogP) is 3.40. The maximum atomic E-state index is 6.37. The summed E-state index contributed by atoms with van der Waals surface area (Å²) in [5.74, 6) is 0.822. The lowest BCUT2D eigenvalue weighted by atomic mass is 9.81. The highest BCUT2D eigenvalue weighted by atomic mass is 35.5. The van der Waals surface area contributed by atoms with Crippen LogP contribution in [0.1, 0.15) is 32.4 Å². The normalized spacial score (nSPS) is 34.9. The second kappa shape index (κ2) is 4.97. The summed E-state index contributed by atoms with van der Waals surface area (Å²) in [6.45, 7) is 6.43. The Hall–Kier alpha value is -0.570. The van der Waals surface area contributed by atoms with Gasteiger partial charge in [-0.2, -0.15) is 0 Å². The van der Waals surface area contributed by atoms with Gasteiger partial charge in [0, 0.05) is 17.0 Å². The quantitative estimate of drug-likeness (QED) is 0.877. The molecule has 0 saturated carbocycles. The molecule has 2 N–H and O–H groups in total. The van der Waals surface area contributed by atoms with E-state index in [0.717, 1.165) is 10.6 Å². The van der Waals surface area contributed by atoms with Gasteiger partial charge in [0.05, 0.1) is 12.2 Å². The summed E-state index contributed by atoms with van der Waals surface area (Å²) in [6.07, 6.45) is 0.481. The number of hydrogen-bond acceptors (Lipinski definition) is 2. The SMILES string of the molecule is CC1OC(C)C(C(N)c2cccc(Cl)c2)C1C. The third kappa shape index (κ3) is 2.49. The molecule has 5 atom stereocenters. The molecule has 1 aromatic carbocycles. The average Bonchev–Trinajstić information content (AvgIpc) is 2.52. The summed E-state index contributed by atoms with van der Waals surface area (Å²) in [6, 6.07) is 7.81. The molecule has 1 aliphatic heterocycles. The van der Waals surface area contributed by atoms with Gasteiger partial charge in [0.1, 0.15) is 0 Å². The Labute approximate surface area is 108 Å². The van der Waals surface area contributed by atoms with Crippen molar-refractivity contribution in [3.05, 3.63) is 34.9 Å². The number of hydrogen-bond donors (Lipinski definition) is 1. The molecule has 0 aliphatic carbocycles. The van der Waals surface area contributed by atoms with Gasteiger partial charge < -0.3 is 10.5 Å². The van der Waals surface area contributed by atoms with Crippen LogP contribution in [0.15, 0.2) is 24.3 Å². The number of halogens is 1. The minimum absolute atomic E-state index is 0.0105. The molecule has 0 bridgehead atoms. The van der Waals surface area contributed by atoms with Gasteiger partial charge in [0.2, 0.25) is 0 Å². The van der Waals surface area contributed by atoms with Crippen molar-refractivity contribution in [2.75, 3.05) is 0 Å². The molecule has 0 amide bonds. The Morgan fingerprint density at radius 2 is 1.94 bits per heavy atom. The highest BCUT2D eigenvalue weighted by Crippen LogP contribution is 2.39. The van der Waals surface area contributed by atoms with Crippen molar-refractivity contribution in [3.63, 3.8) is 0 Å². The zero-order valence-electron chi connectivity index (χ0n) is 10.6. The van der Waals surface area contributed by atoms with E-state index in [0.29, 0.717) is 11.8 Å². The van der Waals surface area contributed by atoms with Crippen LogP contribution < -0.4 is 5.73 Å². The molecule has 1 aliphatic rings. The molecular formula is C14H20ClNO. The van der Waals surface area contributed by atoms with E-state index in [1.54, 1.807) is 0 Å². The first-order chi connectivity index (χ1) is 8.00. The van der Waals surface area contributed by atoms with E-state index in [2.05, 4.69) is 20.8 Å². The van der Waals surface area contributed by atoms with Crippen LogP contribution in [0, 0.1) is 11.8 Å². The molecule has 1 heterocycles. The molecule has 0 radical (unpaired) electrons. The molecule has 17 heavy (non-hydrogen) atoms. The largest absolute Gasteiger partial charge is 0.375 e. The van der Waals surface area contributed by atoms with Gasteiger partial charge in [-0.05, 0) is 37.5 Å². The fraction of sp³-hybridized carbons (Fsp3) is 0.571. The van der Waals surface area contributed by atoms with Gasteiger partial charge >= 0.3 is 0 Å². The van der Waals surface area contributed by atoms with Crippen molar-refractivity contribution >= 4 is 11.6 Å². The smallest absolute Gasteiger partial charge is 0.0600 e. The van der Waals surface area contributed by atoms with Gasteiger partial charge in [-0.15, -0.1) is 0 Å². The van der Waals surface area contributed by atoms with Crippen molar-refractivity contribution in [2.24, 2.45) is 17.6 Å². The van der Waals surface area contributed by atoms with Gasteiger partial charge in [-0.1, -0.05) is 30.7 Å². The Balaban J connectivity index is 2.22. The van der Waals surface area contributed by atoms with E-state index >= 15 is 0 Å². The second-order valence-corrected chi connectivity index (χ2v) is 5.50. The van der Waals surface area contributed by atoms with Gasteiger partial charge in [-0.25, -0.2) is 0 Å². The van der Waals surface area contributed by atoms with E-state index < -0.39 is 0 Å². The molecular weight excluding hydrogens is 234 g/mol. The number of nitrogens with two attached hydrogens (primary N) is 1. The van der Waals surface area contributed by atoms with Crippen LogP contribution in [0.3, 0.4) is 0 Å². The summed E-state index contributed by atoms with van der Waals surface area (Å²) >= 11 is 6.01. The van der Waals surface area contributed by atoms with Gasteiger partial charge in [0.25, 0.3) is 0 Å². The summed E-state index contributed by atoms with van der Waals surface area (Å²) in [7, 11) is 0. The van der Waals surface area contributed by atoms with E-state index in [1.807, 2.05) is 24.3 Å². The maximum absolute atomic E-state index is 6.37. The molecule has 1 saturated heterocycles. The summed E-state index contributed by atoms with van der Waals surface area (Å²) < 4.78 is 5.85. The van der Waals surface area contributed by atoms with E-state index in [9.17, 15) is 0 Å². The first kappa shape index (κ1) is 12.9. The van der Waals surface area contributed by atoms with E-state index in [-0.39, 0.29) is 18.2 Å². The lowest BCUT2D eigenvalue weighted by Crippen LogP contribution is -2.30. The molecule has 1 fully saturated rings. The Bertz CT molecular complexity index is 396. The van der Waals surface area contributed by atoms with E-state index in [1.165, 1.54) is 0 Å². The number of benzene rings is 1. The van der Waals surface area contributed by atoms with Crippen LogP contribution in [0.5, 0.6) is 0 Å². The average molecular weight is 254 g/mol. The zero-order valence-corrected chi connectivity index (χ0v) is 11.3. The number of ether oxygens (including phenoxy) is 1. The lowest BCUT2D eigenvalue weighted by Gasteiger charge is -2.26. The molecule has 3 heteroatoms. The Morgan fingerprint density at radius 1 is 1.24 bits per heavy atom. The van der Waals surface area contributed by atoms with Crippen LogP contribution in [-0.4, -0.2) is 12.2 Å². The Morgan fingerprint density at radius 3 is 2.47 bits per heavy atom. The Kier molecular flexibility index (Phi) is 3.76. The van der Waals surface area contributed by atoms with Crippen molar-refractivity contribution in [1.29, 1.82) is 0 Å². The molecule has 0 aromatic heterocycles. The van der Waals surface area contributed by atoms with Crippen LogP contribution >= 0.6 is 11.6 Å². The van der Waals surface area contributed by atoms with Gasteiger partial charge in [-0.3, -0.25) is 0 Å². The van der Waals surface area contributed by atoms with Crippen LogP contribution in [-0.2, 0) is 4.74 Å². The van der Waals surface area contributed by atoms with Crippen molar-refractivity contribution in [1.82, 2.24) is 0 Å². The molecule has 0 spiro atoms. The molecule has 5 unspecified atom stereocenters. The predicted molar refractivity (Wildman–Crippen MR) is 71.0 cm³/mol. The van der Waals surface area contributed by atoms with Crippen molar-refractivity contribution in [3.8, 4) is 0 Å². The van der Waals surface area contributed by atoms with Crippen LogP contribution in [0.25, 0.3) is 0 Å². The van der Waals surface area contributed by atoms with Crippen molar-refractivity contribution in [2.45, 2.75) is 39.0 Å². The second-order valence-electron chi connectivity index (χ2n) is 5.06. The van der Waals surface area contributed by atoms with Crippen molar-refractivity contribution < 1.29 is 4.74 Å². The topological polar surface area (TPSA) is 35.2 Å². The summed E-state index contributed by atoms with van der Waals surface area (Å²) in [4.78, 5) is 0. The third-order valence-electron chi connectivity index (χ3n) is 3.97. The summed E-state index contributed by atoms with van der Waals surface area (Å²) in [5, 5.41) is 0.741. The van der Waals surface area contributed by atoms with Gasteiger partial charge in [0.15, 0.2) is 0 Å². The fourth-order valence-corrected chi connectivity index (χ4v) is 3.05. The molecule has 2 nitrogen and oxygen atoms in total. The third-order valence-corrected chi connectivity index (χ3v) is 4.20. The number of rotatable bonds is 2. The fourth-order valence-electron chi connectivity index (χ4n) is 2.85. The summed E-state index contributed by atoms with van der Waals surface area (Å²) in [5.41, 5.74) is 7.47. The van der Waals surface area contributed by atoms with E-state index in [4.69, 9.17) is 22.1 Å². The highest BCUT2D eigenvalue weighted by molar-refractivity contribution is 6.30. The first-order valence-corrected chi connectivity index (χ1v) is 6.55. The maximum Gasteiger partial charge on any atom is 0.0600 e. The minimum Gasteiger partial charge on any atom is -0.375 e. The standard InChI is InChI=1S/C14H20ClNO/c1-8-9(2)17-10(3)13(8)14(16)11-5-4-6-12(15)7-11/h4-10,13-14H,16H2,1-3H3. The van der Waals surface area contributed by atoms with Crippen LogP contribution in [0.2, 0.25) is 5.02 Å². The molecule has 1 aromatic rings. The lowest BCUT2D eigenvalue weighted by molar-refractivity contribution is 0.0489. The molecule has 2 rings (SSSR count). The first-order valence-electron chi connectivity index (χ1n) is 6.17. The monoisotopic (exact) mass is 253 g/mol. The zero-order chi connectivity index (χ0) is 12.6. The highest BCUT2D eigenvalue weighted by Gasteiger charge is 2.40.